The van der Waals surface area contributed by atoms with E-state index in [2.05, 4.69) is 17.1 Å². The highest BCUT2D eigenvalue weighted by Gasteiger charge is 2.37. The number of hydrogen-bond acceptors (Lipinski definition) is 4. The predicted octanol–water partition coefficient (Wildman–Crippen LogP) is 2.42. The molecule has 1 saturated heterocycles. The van der Waals surface area contributed by atoms with Gasteiger partial charge in [0.1, 0.15) is 0 Å². The van der Waals surface area contributed by atoms with E-state index in [0.717, 1.165) is 5.56 Å². The first-order chi connectivity index (χ1) is 10.5. The van der Waals surface area contributed by atoms with Gasteiger partial charge in [0.2, 0.25) is 11.8 Å². The Morgan fingerprint density at radius 2 is 2.18 bits per heavy atom. The Kier molecular flexibility index (Phi) is 5.63. The van der Waals surface area contributed by atoms with Crippen molar-refractivity contribution >= 4 is 40.3 Å². The lowest BCUT2D eigenvalue weighted by Crippen LogP contribution is -2.34. The molecular weight excluding hydrogens is 322 g/mol. The van der Waals surface area contributed by atoms with Crippen molar-refractivity contribution in [3.8, 4) is 0 Å². The molecule has 1 heterocycles. The number of carbonyl (C=O) groups excluding carboxylic acids is 2. The lowest BCUT2D eigenvalue weighted by molar-refractivity contribution is -0.126. The molecule has 0 bridgehead atoms. The number of rotatable bonds is 5. The molecule has 1 aliphatic rings. The van der Waals surface area contributed by atoms with Crippen LogP contribution in [-0.4, -0.2) is 33.7 Å². The lowest BCUT2D eigenvalue weighted by Gasteiger charge is -2.13. The molecule has 7 heteroatoms. The van der Waals surface area contributed by atoms with Crippen molar-refractivity contribution in [3.05, 3.63) is 47.5 Å². The van der Waals surface area contributed by atoms with E-state index in [1.54, 1.807) is 18.2 Å². The van der Waals surface area contributed by atoms with Gasteiger partial charge in [-0.3, -0.25) is 14.5 Å². The number of benzene rings is 1. The van der Waals surface area contributed by atoms with E-state index in [9.17, 15) is 9.59 Å². The van der Waals surface area contributed by atoms with Crippen LogP contribution in [0, 0.1) is 0 Å². The molecule has 0 aromatic heterocycles. The zero-order chi connectivity index (χ0) is 16.1. The van der Waals surface area contributed by atoms with Crippen LogP contribution in [0.15, 0.2) is 42.0 Å². The number of hydrogen-bond donors (Lipinski definition) is 1. The third-order valence-electron chi connectivity index (χ3n) is 2.98. The summed E-state index contributed by atoms with van der Waals surface area (Å²) in [7, 11) is 0. The highest BCUT2D eigenvalue weighted by molar-refractivity contribution is 8.15. The van der Waals surface area contributed by atoms with E-state index in [1.165, 1.54) is 23.6 Å². The quantitative estimate of drug-likeness (QED) is 0.663. The molecule has 0 radical (unpaired) electrons. The molecular formula is C15H16ClN3O2S. The summed E-state index contributed by atoms with van der Waals surface area (Å²) < 4.78 is 0. The Balaban J connectivity index is 2.14. The average Bonchev–Trinajstić information content (AvgIpc) is 2.77. The molecule has 1 fully saturated rings. The van der Waals surface area contributed by atoms with Gasteiger partial charge in [-0.1, -0.05) is 41.6 Å². The van der Waals surface area contributed by atoms with E-state index in [4.69, 9.17) is 11.6 Å². The largest absolute Gasteiger partial charge is 0.285 e. The van der Waals surface area contributed by atoms with Gasteiger partial charge in [-0.2, -0.15) is 0 Å². The molecule has 0 spiro atoms. The SMILES string of the molecule is C=CCN1C(=O)[C@@H](Cc2ccc(Cl)cc2)S/C1=N/NC(C)=O. The molecule has 1 aromatic rings. The Morgan fingerprint density at radius 1 is 1.50 bits per heavy atom. The minimum Gasteiger partial charge on any atom is -0.285 e. The van der Waals surface area contributed by atoms with Crippen molar-refractivity contribution in [3.63, 3.8) is 0 Å². The number of nitrogens with zero attached hydrogens (tertiary/aromatic N) is 2. The maximum Gasteiger partial charge on any atom is 0.242 e. The molecule has 1 aliphatic heterocycles. The summed E-state index contributed by atoms with van der Waals surface area (Å²) in [4.78, 5) is 25.0. The normalized spacial score (nSPS) is 19.5. The van der Waals surface area contributed by atoms with Crippen LogP contribution in [0.5, 0.6) is 0 Å². The summed E-state index contributed by atoms with van der Waals surface area (Å²) in [5.74, 6) is -0.316. The number of nitrogens with one attached hydrogen (secondary N) is 1. The highest BCUT2D eigenvalue weighted by atomic mass is 35.5. The van der Waals surface area contributed by atoms with Gasteiger partial charge in [0, 0.05) is 18.5 Å². The van der Waals surface area contributed by atoms with Crippen LogP contribution in [0.4, 0.5) is 0 Å². The Hall–Kier alpha value is -1.79. The predicted molar refractivity (Wildman–Crippen MR) is 89.7 cm³/mol. The maximum atomic E-state index is 12.5. The number of carbonyl (C=O) groups is 2. The second-order valence-corrected chi connectivity index (χ2v) is 6.34. The summed E-state index contributed by atoms with van der Waals surface area (Å²) >= 11 is 7.20. The van der Waals surface area contributed by atoms with Crippen molar-refractivity contribution in [2.45, 2.75) is 18.6 Å². The van der Waals surface area contributed by atoms with Gasteiger partial charge < -0.3 is 0 Å². The second kappa shape index (κ2) is 7.47. The Bertz CT molecular complexity index is 616. The van der Waals surface area contributed by atoms with Crippen LogP contribution in [-0.2, 0) is 16.0 Å². The summed E-state index contributed by atoms with van der Waals surface area (Å²) in [6, 6.07) is 7.40. The van der Waals surface area contributed by atoms with Crippen LogP contribution >= 0.6 is 23.4 Å². The molecule has 5 nitrogen and oxygen atoms in total. The zero-order valence-electron chi connectivity index (χ0n) is 12.1. The van der Waals surface area contributed by atoms with Crippen molar-refractivity contribution < 1.29 is 9.59 Å². The van der Waals surface area contributed by atoms with Gasteiger partial charge in [0.25, 0.3) is 0 Å². The van der Waals surface area contributed by atoms with Crippen molar-refractivity contribution in [2.75, 3.05) is 6.54 Å². The van der Waals surface area contributed by atoms with Crippen molar-refractivity contribution in [1.29, 1.82) is 0 Å². The third-order valence-corrected chi connectivity index (χ3v) is 4.40. The van der Waals surface area contributed by atoms with Gasteiger partial charge in [0.15, 0.2) is 5.17 Å². The van der Waals surface area contributed by atoms with Gasteiger partial charge in [0.05, 0.1) is 5.25 Å². The summed E-state index contributed by atoms with van der Waals surface area (Å²) in [5, 5.41) is 4.87. The first-order valence-corrected chi connectivity index (χ1v) is 7.94. The third kappa shape index (κ3) is 4.11. The topological polar surface area (TPSA) is 61.8 Å². The van der Waals surface area contributed by atoms with Crippen LogP contribution < -0.4 is 5.43 Å². The Morgan fingerprint density at radius 3 is 2.77 bits per heavy atom. The smallest absolute Gasteiger partial charge is 0.242 e. The van der Waals surface area contributed by atoms with Gasteiger partial charge >= 0.3 is 0 Å². The van der Waals surface area contributed by atoms with E-state index in [-0.39, 0.29) is 17.1 Å². The number of amides is 2. The van der Waals surface area contributed by atoms with E-state index < -0.39 is 0 Å². The van der Waals surface area contributed by atoms with Crippen LogP contribution in [0.25, 0.3) is 0 Å². The first-order valence-electron chi connectivity index (χ1n) is 6.69. The van der Waals surface area contributed by atoms with Crippen LogP contribution in [0.2, 0.25) is 5.02 Å². The molecule has 1 atom stereocenters. The minimum atomic E-state index is -0.278. The standard InChI is InChI=1S/C15H16ClN3O2S/c1-3-8-19-14(21)13(22-15(19)18-17-10(2)20)9-11-4-6-12(16)7-5-11/h3-7,13H,1,8-9H2,2H3,(H,17,20)/b18-15+/t13-/m1/s1. The Labute approximate surface area is 138 Å². The number of thioether (sulfide) groups is 1. The van der Waals surface area contributed by atoms with Crippen molar-refractivity contribution in [1.82, 2.24) is 10.3 Å². The molecule has 116 valence electrons. The van der Waals surface area contributed by atoms with E-state index in [1.807, 2.05) is 12.1 Å². The fourth-order valence-corrected chi connectivity index (χ4v) is 3.26. The summed E-state index contributed by atoms with van der Waals surface area (Å²) in [6.07, 6.45) is 2.21. The molecule has 2 amide bonds. The number of hydrazone groups is 1. The molecule has 1 aromatic carbocycles. The fourth-order valence-electron chi connectivity index (χ4n) is 1.98. The second-order valence-electron chi connectivity index (χ2n) is 4.74. The number of halogens is 1. The summed E-state index contributed by atoms with van der Waals surface area (Å²) in [5.41, 5.74) is 3.39. The first kappa shape index (κ1) is 16.6. The molecule has 22 heavy (non-hydrogen) atoms. The van der Waals surface area contributed by atoms with Crippen LogP contribution in [0.1, 0.15) is 12.5 Å². The minimum absolute atomic E-state index is 0.0380. The fraction of sp³-hybridized carbons (Fsp3) is 0.267. The van der Waals surface area contributed by atoms with Gasteiger partial charge in [-0.15, -0.1) is 11.7 Å². The van der Waals surface area contributed by atoms with Crippen molar-refractivity contribution in [2.24, 2.45) is 5.10 Å². The number of amidine groups is 1. The lowest BCUT2D eigenvalue weighted by atomic mass is 10.1. The van der Waals surface area contributed by atoms with Gasteiger partial charge in [-0.25, -0.2) is 5.43 Å². The van der Waals surface area contributed by atoms with Gasteiger partial charge in [-0.05, 0) is 24.1 Å². The highest BCUT2D eigenvalue weighted by Crippen LogP contribution is 2.29. The molecule has 0 unspecified atom stereocenters. The van der Waals surface area contributed by atoms with Crippen LogP contribution in [0.3, 0.4) is 0 Å². The molecule has 1 N–H and O–H groups in total. The zero-order valence-corrected chi connectivity index (χ0v) is 13.7. The molecule has 0 saturated carbocycles. The van der Waals surface area contributed by atoms with E-state index >= 15 is 0 Å². The average molecular weight is 338 g/mol. The summed E-state index contributed by atoms with van der Waals surface area (Å²) in [6.45, 7) is 5.38. The monoisotopic (exact) mass is 337 g/mol. The maximum absolute atomic E-state index is 12.5. The molecule has 2 rings (SSSR count). The molecule has 0 aliphatic carbocycles. The van der Waals surface area contributed by atoms with E-state index in [0.29, 0.717) is 23.2 Å².